The van der Waals surface area contributed by atoms with E-state index in [4.69, 9.17) is 0 Å². The maximum atomic E-state index is 11.6. The number of nitrogens with zero attached hydrogens (tertiary/aromatic N) is 1. The molecule has 1 heterocycles. The van der Waals surface area contributed by atoms with Crippen LogP contribution in [-0.4, -0.2) is 16.1 Å². The van der Waals surface area contributed by atoms with Crippen LogP contribution in [0.15, 0.2) is 30.9 Å². The van der Waals surface area contributed by atoms with Crippen LogP contribution in [0.1, 0.15) is 29.7 Å². The molecule has 3 rings (SSSR count). The molecule has 4 heteroatoms. The molecular weight excluding hydrogens is 262 g/mol. The van der Waals surface area contributed by atoms with Crippen LogP contribution in [0.5, 0.6) is 0 Å². The number of aromatic nitrogens is 2. The van der Waals surface area contributed by atoms with E-state index in [1.807, 2.05) is 19.1 Å². The number of aryl methyl sites for hydroxylation is 2. The van der Waals surface area contributed by atoms with E-state index in [1.54, 1.807) is 0 Å². The summed E-state index contributed by atoms with van der Waals surface area (Å²) in [4.78, 5) is 11.6. The minimum atomic E-state index is -0.204. The first-order valence-corrected chi connectivity index (χ1v) is 7.29. The molecule has 0 fully saturated rings. The van der Waals surface area contributed by atoms with Crippen molar-refractivity contribution in [3.05, 3.63) is 47.7 Å². The van der Waals surface area contributed by atoms with Crippen LogP contribution in [0.2, 0.25) is 0 Å². The topological polar surface area (TPSA) is 57.8 Å². The van der Waals surface area contributed by atoms with Crippen molar-refractivity contribution in [1.82, 2.24) is 10.2 Å². The lowest BCUT2D eigenvalue weighted by Crippen LogP contribution is -2.09. The van der Waals surface area contributed by atoms with Crippen molar-refractivity contribution in [2.45, 2.75) is 32.6 Å². The van der Waals surface area contributed by atoms with E-state index in [1.165, 1.54) is 30.2 Å². The van der Waals surface area contributed by atoms with Crippen LogP contribution in [-0.2, 0) is 17.6 Å². The van der Waals surface area contributed by atoms with E-state index >= 15 is 0 Å². The first-order chi connectivity index (χ1) is 10.2. The molecule has 1 aliphatic carbocycles. The van der Waals surface area contributed by atoms with Gasteiger partial charge in [0.1, 0.15) is 0 Å². The zero-order chi connectivity index (χ0) is 14.8. The van der Waals surface area contributed by atoms with E-state index in [-0.39, 0.29) is 5.91 Å². The molecule has 0 spiro atoms. The highest BCUT2D eigenvalue weighted by molar-refractivity contribution is 6.01. The predicted molar refractivity (Wildman–Crippen MR) is 84.2 cm³/mol. The molecule has 0 aliphatic heterocycles. The Morgan fingerprint density at radius 1 is 1.38 bits per heavy atom. The van der Waals surface area contributed by atoms with Crippen molar-refractivity contribution in [1.29, 1.82) is 0 Å². The normalized spacial score (nSPS) is 13.6. The maximum absolute atomic E-state index is 11.6. The minimum absolute atomic E-state index is 0.204. The highest BCUT2D eigenvalue weighted by atomic mass is 16.1. The molecule has 0 atom stereocenters. The number of H-pyrrole nitrogens is 1. The number of hydrogen-bond donors (Lipinski definition) is 2. The van der Waals surface area contributed by atoms with Crippen LogP contribution < -0.4 is 5.32 Å². The summed E-state index contributed by atoms with van der Waals surface area (Å²) >= 11 is 0. The Kier molecular flexibility index (Phi) is 3.60. The molecule has 0 saturated heterocycles. The van der Waals surface area contributed by atoms with E-state index in [0.29, 0.717) is 0 Å². The largest absolute Gasteiger partial charge is 0.322 e. The molecule has 0 bridgehead atoms. The van der Waals surface area contributed by atoms with Crippen molar-refractivity contribution in [2.24, 2.45) is 0 Å². The third-order valence-electron chi connectivity index (χ3n) is 3.93. The summed E-state index contributed by atoms with van der Waals surface area (Å²) in [5.41, 5.74) is 6.40. The SMILES string of the molecule is C=CC(=O)Nc1ccc(C)cc1-c1n[nH]c2c1CCCC2. The molecule has 2 N–H and O–H groups in total. The number of anilines is 1. The van der Waals surface area contributed by atoms with Gasteiger partial charge in [-0.1, -0.05) is 18.2 Å². The molecule has 1 aromatic carbocycles. The Balaban J connectivity index is 2.08. The summed E-state index contributed by atoms with van der Waals surface area (Å²) in [6.07, 6.45) is 5.79. The number of rotatable bonds is 3. The zero-order valence-corrected chi connectivity index (χ0v) is 12.2. The lowest BCUT2D eigenvalue weighted by atomic mass is 9.92. The lowest BCUT2D eigenvalue weighted by molar-refractivity contribution is -0.111. The van der Waals surface area contributed by atoms with Crippen LogP contribution in [0.25, 0.3) is 11.3 Å². The number of nitrogens with one attached hydrogen (secondary N) is 2. The number of carbonyl (C=O) groups excluding carboxylic acids is 1. The fourth-order valence-corrected chi connectivity index (χ4v) is 2.85. The Morgan fingerprint density at radius 2 is 2.19 bits per heavy atom. The smallest absolute Gasteiger partial charge is 0.247 e. The van der Waals surface area contributed by atoms with Gasteiger partial charge in [-0.2, -0.15) is 5.10 Å². The fourth-order valence-electron chi connectivity index (χ4n) is 2.85. The molecule has 21 heavy (non-hydrogen) atoms. The van der Waals surface area contributed by atoms with Gasteiger partial charge >= 0.3 is 0 Å². The Bertz CT molecular complexity index is 700. The van der Waals surface area contributed by atoms with Gasteiger partial charge in [-0.25, -0.2) is 0 Å². The number of benzene rings is 1. The fraction of sp³-hybridized carbons (Fsp3) is 0.294. The zero-order valence-electron chi connectivity index (χ0n) is 12.2. The second kappa shape index (κ2) is 5.56. The molecule has 1 amide bonds. The summed E-state index contributed by atoms with van der Waals surface area (Å²) in [5, 5.41) is 10.5. The molecular formula is C17H19N3O. The molecule has 2 aromatic rings. The number of fused-ring (bicyclic) bond motifs is 1. The Morgan fingerprint density at radius 3 is 3.00 bits per heavy atom. The summed E-state index contributed by atoms with van der Waals surface area (Å²) in [6, 6.07) is 5.99. The Labute approximate surface area is 124 Å². The molecule has 108 valence electrons. The van der Waals surface area contributed by atoms with Gasteiger partial charge < -0.3 is 5.32 Å². The van der Waals surface area contributed by atoms with Gasteiger partial charge in [0.15, 0.2) is 0 Å². The van der Waals surface area contributed by atoms with E-state index in [0.717, 1.165) is 35.3 Å². The first kappa shape index (κ1) is 13.6. The quantitative estimate of drug-likeness (QED) is 0.847. The van der Waals surface area contributed by atoms with Crippen molar-refractivity contribution < 1.29 is 4.79 Å². The highest BCUT2D eigenvalue weighted by Crippen LogP contribution is 2.34. The summed E-state index contributed by atoms with van der Waals surface area (Å²) in [5.74, 6) is -0.204. The monoisotopic (exact) mass is 281 g/mol. The lowest BCUT2D eigenvalue weighted by Gasteiger charge is -2.14. The number of amides is 1. The minimum Gasteiger partial charge on any atom is -0.322 e. The summed E-state index contributed by atoms with van der Waals surface area (Å²) < 4.78 is 0. The van der Waals surface area contributed by atoms with E-state index in [2.05, 4.69) is 28.2 Å². The van der Waals surface area contributed by atoms with E-state index in [9.17, 15) is 4.79 Å². The van der Waals surface area contributed by atoms with Gasteiger partial charge in [0, 0.05) is 16.8 Å². The second-order valence-corrected chi connectivity index (χ2v) is 5.48. The van der Waals surface area contributed by atoms with Crippen molar-refractivity contribution in [3.8, 4) is 11.3 Å². The molecule has 0 saturated carbocycles. The van der Waals surface area contributed by atoms with Gasteiger partial charge in [0.05, 0.1) is 11.4 Å². The van der Waals surface area contributed by atoms with Crippen LogP contribution in [0, 0.1) is 6.92 Å². The summed E-state index contributed by atoms with van der Waals surface area (Å²) in [7, 11) is 0. The van der Waals surface area contributed by atoms with Gasteiger partial charge in [0.25, 0.3) is 0 Å². The van der Waals surface area contributed by atoms with Crippen molar-refractivity contribution in [3.63, 3.8) is 0 Å². The number of hydrogen-bond acceptors (Lipinski definition) is 2. The average molecular weight is 281 g/mol. The molecule has 4 nitrogen and oxygen atoms in total. The van der Waals surface area contributed by atoms with Gasteiger partial charge in [-0.3, -0.25) is 9.89 Å². The highest BCUT2D eigenvalue weighted by Gasteiger charge is 2.20. The van der Waals surface area contributed by atoms with Crippen molar-refractivity contribution in [2.75, 3.05) is 5.32 Å². The average Bonchev–Trinajstić information content (AvgIpc) is 2.92. The van der Waals surface area contributed by atoms with Gasteiger partial charge in [-0.05, 0) is 50.8 Å². The third-order valence-corrected chi connectivity index (χ3v) is 3.93. The maximum Gasteiger partial charge on any atom is 0.247 e. The molecule has 0 radical (unpaired) electrons. The standard InChI is InChI=1S/C17H19N3O/c1-3-16(21)18-14-9-8-11(2)10-13(14)17-12-6-4-5-7-15(12)19-20-17/h3,8-10H,1,4-7H2,2H3,(H,18,21)(H,19,20). The summed E-state index contributed by atoms with van der Waals surface area (Å²) in [6.45, 7) is 5.55. The third kappa shape index (κ3) is 2.61. The van der Waals surface area contributed by atoms with Crippen LogP contribution in [0.3, 0.4) is 0 Å². The number of carbonyl (C=O) groups is 1. The van der Waals surface area contributed by atoms with Gasteiger partial charge in [-0.15, -0.1) is 0 Å². The van der Waals surface area contributed by atoms with Crippen LogP contribution >= 0.6 is 0 Å². The van der Waals surface area contributed by atoms with Crippen molar-refractivity contribution >= 4 is 11.6 Å². The molecule has 1 aromatic heterocycles. The van der Waals surface area contributed by atoms with Crippen LogP contribution in [0.4, 0.5) is 5.69 Å². The van der Waals surface area contributed by atoms with Gasteiger partial charge in [0.2, 0.25) is 5.91 Å². The molecule has 0 unspecified atom stereocenters. The molecule has 1 aliphatic rings. The predicted octanol–water partition coefficient (Wildman–Crippen LogP) is 3.39. The number of aromatic amines is 1. The second-order valence-electron chi connectivity index (χ2n) is 5.48. The first-order valence-electron chi connectivity index (χ1n) is 7.29. The van der Waals surface area contributed by atoms with E-state index < -0.39 is 0 Å². The Hall–Kier alpha value is -2.36.